The highest BCUT2D eigenvalue weighted by atomic mass is 19.1. The molecule has 0 spiro atoms. The highest BCUT2D eigenvalue weighted by Gasteiger charge is 2.21. The number of anilines is 1. The summed E-state index contributed by atoms with van der Waals surface area (Å²) in [5, 5.41) is 10.3. The van der Waals surface area contributed by atoms with Gasteiger partial charge >= 0.3 is 0 Å². The van der Waals surface area contributed by atoms with Crippen molar-refractivity contribution in [2.45, 2.75) is 13.8 Å². The molecule has 5 heterocycles. The van der Waals surface area contributed by atoms with E-state index >= 15 is 4.39 Å². The van der Waals surface area contributed by atoms with Gasteiger partial charge < -0.3 is 10.3 Å². The minimum absolute atomic E-state index is 0.143. The smallest absolute Gasteiger partial charge is 0.226 e. The lowest BCUT2D eigenvalue weighted by atomic mass is 10.0. The zero-order valence-electron chi connectivity index (χ0n) is 20.0. The van der Waals surface area contributed by atoms with E-state index in [1.165, 1.54) is 6.20 Å². The van der Waals surface area contributed by atoms with Crippen LogP contribution in [-0.4, -0.2) is 41.0 Å². The lowest BCUT2D eigenvalue weighted by molar-refractivity contribution is -0.118. The second-order valence-electron chi connectivity index (χ2n) is 8.89. The number of carbonyl (C=O) groups is 1. The van der Waals surface area contributed by atoms with E-state index < -0.39 is 5.82 Å². The van der Waals surface area contributed by atoms with Crippen LogP contribution in [0.3, 0.4) is 0 Å². The molecule has 0 atom stereocenters. The summed E-state index contributed by atoms with van der Waals surface area (Å²) in [5.74, 6) is -0.435. The van der Waals surface area contributed by atoms with Crippen molar-refractivity contribution in [3.63, 3.8) is 0 Å². The van der Waals surface area contributed by atoms with Crippen molar-refractivity contribution in [1.29, 1.82) is 0 Å². The summed E-state index contributed by atoms with van der Waals surface area (Å²) >= 11 is 0. The first kappa shape index (κ1) is 22.5. The molecule has 0 fully saturated rings. The summed E-state index contributed by atoms with van der Waals surface area (Å²) in [6.07, 6.45) is 6.47. The Kier molecular flexibility index (Phi) is 5.41. The van der Waals surface area contributed by atoms with Gasteiger partial charge in [0.05, 0.1) is 34.0 Å². The number of carbonyl (C=O) groups excluding carboxylic acids is 1. The van der Waals surface area contributed by atoms with Crippen LogP contribution in [0.25, 0.3) is 56.0 Å². The molecule has 0 aliphatic rings. The van der Waals surface area contributed by atoms with E-state index in [9.17, 15) is 4.79 Å². The summed E-state index contributed by atoms with van der Waals surface area (Å²) in [4.78, 5) is 33.0. The van der Waals surface area contributed by atoms with E-state index in [2.05, 4.69) is 40.4 Å². The van der Waals surface area contributed by atoms with Gasteiger partial charge in [0.25, 0.3) is 0 Å². The van der Waals surface area contributed by atoms with Gasteiger partial charge in [-0.3, -0.25) is 19.9 Å². The number of aromatic amines is 2. The first-order valence-electron chi connectivity index (χ1n) is 11.7. The number of imidazole rings is 1. The van der Waals surface area contributed by atoms with Gasteiger partial charge in [-0.25, -0.2) is 14.4 Å². The van der Waals surface area contributed by atoms with Crippen molar-refractivity contribution in [1.82, 2.24) is 35.1 Å². The summed E-state index contributed by atoms with van der Waals surface area (Å²) in [6, 6.07) is 12.6. The van der Waals surface area contributed by atoms with E-state index in [-0.39, 0.29) is 17.2 Å². The van der Waals surface area contributed by atoms with Gasteiger partial charge in [0, 0.05) is 41.2 Å². The molecular weight excluding hydrogens is 471 g/mol. The Morgan fingerprint density at radius 1 is 1.03 bits per heavy atom. The molecule has 10 heteroatoms. The molecule has 37 heavy (non-hydrogen) atoms. The molecule has 0 saturated carbocycles. The molecule has 1 aromatic carbocycles. The molecule has 0 radical (unpaired) electrons. The number of benzene rings is 1. The maximum Gasteiger partial charge on any atom is 0.226 e. The number of nitrogens with one attached hydrogen (secondary N) is 3. The number of rotatable bonds is 5. The molecule has 0 unspecified atom stereocenters. The third kappa shape index (κ3) is 3.98. The number of aromatic nitrogens is 7. The number of H-pyrrole nitrogens is 2. The fourth-order valence-electron chi connectivity index (χ4n) is 4.17. The van der Waals surface area contributed by atoms with Crippen LogP contribution in [-0.2, 0) is 4.79 Å². The minimum atomic E-state index is -0.478. The molecule has 0 saturated heterocycles. The second kappa shape index (κ2) is 8.90. The zero-order valence-corrected chi connectivity index (χ0v) is 20.0. The van der Waals surface area contributed by atoms with Crippen LogP contribution in [0.5, 0.6) is 0 Å². The van der Waals surface area contributed by atoms with Crippen molar-refractivity contribution >= 4 is 33.7 Å². The number of amides is 1. The van der Waals surface area contributed by atoms with E-state index in [0.717, 1.165) is 11.3 Å². The number of fused-ring (bicyclic) bond motifs is 2. The minimum Gasteiger partial charge on any atom is -0.335 e. The zero-order chi connectivity index (χ0) is 25.5. The number of hydrogen-bond acceptors (Lipinski definition) is 6. The van der Waals surface area contributed by atoms with Crippen molar-refractivity contribution in [2.24, 2.45) is 5.92 Å². The summed E-state index contributed by atoms with van der Waals surface area (Å²) < 4.78 is 16.0. The predicted octanol–water partition coefficient (Wildman–Crippen LogP) is 5.36. The summed E-state index contributed by atoms with van der Waals surface area (Å²) in [5.41, 5.74) is 4.95. The van der Waals surface area contributed by atoms with Crippen LogP contribution < -0.4 is 5.32 Å². The molecule has 6 aromatic rings. The number of hydrogen-bond donors (Lipinski definition) is 3. The maximum absolute atomic E-state index is 16.0. The molecular formula is C27H21FN8O. The van der Waals surface area contributed by atoms with E-state index in [1.807, 2.05) is 24.3 Å². The molecule has 6 rings (SSSR count). The van der Waals surface area contributed by atoms with E-state index in [1.54, 1.807) is 50.6 Å². The van der Waals surface area contributed by atoms with Crippen molar-refractivity contribution in [3.05, 3.63) is 73.1 Å². The Morgan fingerprint density at radius 2 is 1.92 bits per heavy atom. The van der Waals surface area contributed by atoms with Crippen LogP contribution in [0.15, 0.2) is 67.3 Å². The molecule has 1 amide bonds. The maximum atomic E-state index is 16.0. The van der Waals surface area contributed by atoms with Crippen LogP contribution >= 0.6 is 0 Å². The quantitative estimate of drug-likeness (QED) is 0.298. The molecule has 3 N–H and O–H groups in total. The van der Waals surface area contributed by atoms with Crippen LogP contribution in [0, 0.1) is 11.7 Å². The Morgan fingerprint density at radius 3 is 2.73 bits per heavy atom. The lowest BCUT2D eigenvalue weighted by Crippen LogP contribution is -2.17. The summed E-state index contributed by atoms with van der Waals surface area (Å²) in [7, 11) is 0. The van der Waals surface area contributed by atoms with Crippen LogP contribution in [0.1, 0.15) is 13.8 Å². The Bertz CT molecular complexity index is 1770. The molecule has 0 aliphatic heterocycles. The molecule has 182 valence electrons. The third-order valence-electron chi connectivity index (χ3n) is 6.07. The van der Waals surface area contributed by atoms with Crippen molar-refractivity contribution in [3.8, 4) is 33.9 Å². The number of halogens is 1. The average molecular weight is 493 g/mol. The van der Waals surface area contributed by atoms with Gasteiger partial charge in [-0.1, -0.05) is 19.9 Å². The predicted molar refractivity (Wildman–Crippen MR) is 139 cm³/mol. The fourth-order valence-corrected chi connectivity index (χ4v) is 4.17. The first-order chi connectivity index (χ1) is 18.0. The molecule has 5 aromatic heterocycles. The Hall–Kier alpha value is -4.99. The average Bonchev–Trinajstić information content (AvgIpc) is 3.54. The molecule has 0 aliphatic carbocycles. The summed E-state index contributed by atoms with van der Waals surface area (Å²) in [6.45, 7) is 3.60. The Balaban J connectivity index is 1.45. The van der Waals surface area contributed by atoms with Gasteiger partial charge in [0.1, 0.15) is 11.5 Å². The van der Waals surface area contributed by atoms with Crippen molar-refractivity contribution in [2.75, 3.05) is 5.32 Å². The third-order valence-corrected chi connectivity index (χ3v) is 6.07. The standard InChI is InChI=1S/C27H21FN8O/c1-14(2)27(37)32-16-11-15(12-29-13-16)17-6-7-20-21(22(17)28)24(36-35-20)26-33-23-18(8-10-31-25(23)34-26)19-5-3-4-9-30-19/h3-14H,1-2H3,(H,32,37)(H,35,36)(H,31,33,34). The van der Waals surface area contributed by atoms with Gasteiger partial charge in [-0.15, -0.1) is 0 Å². The first-order valence-corrected chi connectivity index (χ1v) is 11.7. The molecule has 9 nitrogen and oxygen atoms in total. The highest BCUT2D eigenvalue weighted by molar-refractivity contribution is 5.98. The highest BCUT2D eigenvalue weighted by Crippen LogP contribution is 2.35. The fraction of sp³-hybridized carbons (Fsp3) is 0.111. The monoisotopic (exact) mass is 492 g/mol. The number of pyridine rings is 3. The molecule has 0 bridgehead atoms. The topological polar surface area (TPSA) is 125 Å². The SMILES string of the molecule is CC(C)C(=O)Nc1cncc(-c2ccc3[nH]nc(-c4nc5nccc(-c6ccccn6)c5[nH]4)c3c2F)c1. The number of nitrogens with zero attached hydrogens (tertiary/aromatic N) is 5. The van der Waals surface area contributed by atoms with Crippen molar-refractivity contribution < 1.29 is 9.18 Å². The lowest BCUT2D eigenvalue weighted by Gasteiger charge is -2.10. The normalized spacial score (nSPS) is 11.5. The van der Waals surface area contributed by atoms with Gasteiger partial charge in [-0.2, -0.15) is 5.10 Å². The van der Waals surface area contributed by atoms with E-state index in [4.69, 9.17) is 0 Å². The Labute approximate surface area is 210 Å². The second-order valence-corrected chi connectivity index (χ2v) is 8.89. The van der Waals surface area contributed by atoms with Gasteiger partial charge in [0.2, 0.25) is 5.91 Å². The van der Waals surface area contributed by atoms with Gasteiger partial charge in [-0.05, 0) is 36.4 Å². The van der Waals surface area contributed by atoms with Crippen LogP contribution in [0.2, 0.25) is 0 Å². The van der Waals surface area contributed by atoms with Gasteiger partial charge in [0.15, 0.2) is 11.5 Å². The van der Waals surface area contributed by atoms with E-state index in [0.29, 0.717) is 45.0 Å². The van der Waals surface area contributed by atoms with Crippen LogP contribution in [0.4, 0.5) is 10.1 Å². The largest absolute Gasteiger partial charge is 0.335 e.